The molecule has 0 atom stereocenters. The lowest BCUT2D eigenvalue weighted by Crippen LogP contribution is -2.01. The number of benzene rings is 1. The summed E-state index contributed by atoms with van der Waals surface area (Å²) in [5.74, 6) is -0.113. The van der Waals surface area contributed by atoms with Crippen LogP contribution in [0.5, 0.6) is 0 Å². The maximum absolute atomic E-state index is 12.3. The maximum Gasteiger partial charge on any atom is 0.205 e. The lowest BCUT2D eigenvalue weighted by Gasteiger charge is -2.06. The second-order valence-corrected chi connectivity index (χ2v) is 5.57. The van der Waals surface area contributed by atoms with Crippen molar-refractivity contribution in [2.75, 3.05) is 0 Å². The molecule has 2 rings (SSSR count). The van der Waals surface area contributed by atoms with Gasteiger partial charge in [-0.25, -0.2) is 0 Å². The first-order valence-corrected chi connectivity index (χ1v) is 6.68. The van der Waals surface area contributed by atoms with Gasteiger partial charge in [-0.3, -0.25) is 4.79 Å². The molecule has 0 aliphatic heterocycles. The second-order valence-electron chi connectivity index (χ2n) is 3.84. The number of aryl methyl sites for hydroxylation is 2. The molecule has 0 aliphatic carbocycles. The van der Waals surface area contributed by atoms with E-state index in [0.29, 0.717) is 20.5 Å². The highest BCUT2D eigenvalue weighted by Gasteiger charge is 2.17. The molecule has 2 aromatic rings. The SMILES string of the molecule is Cc1cc(Cl)c(C(=O)c2sccc2Cl)cc1C. The normalized spacial score (nSPS) is 10.6. The van der Waals surface area contributed by atoms with Crippen LogP contribution in [0.15, 0.2) is 23.6 Å². The second kappa shape index (κ2) is 4.81. The van der Waals surface area contributed by atoms with Gasteiger partial charge < -0.3 is 0 Å². The van der Waals surface area contributed by atoms with Crippen LogP contribution in [0.2, 0.25) is 10.0 Å². The highest BCUT2D eigenvalue weighted by molar-refractivity contribution is 7.13. The number of hydrogen-bond acceptors (Lipinski definition) is 2. The number of hydrogen-bond donors (Lipinski definition) is 0. The highest BCUT2D eigenvalue weighted by Crippen LogP contribution is 2.29. The zero-order valence-electron chi connectivity index (χ0n) is 9.38. The minimum Gasteiger partial charge on any atom is -0.288 e. The summed E-state index contributed by atoms with van der Waals surface area (Å²) >= 11 is 13.4. The Morgan fingerprint density at radius 1 is 1.12 bits per heavy atom. The fraction of sp³-hybridized carbons (Fsp3) is 0.154. The number of thiophene rings is 1. The quantitative estimate of drug-likeness (QED) is 0.717. The molecule has 0 fully saturated rings. The molecule has 1 heterocycles. The van der Waals surface area contributed by atoms with E-state index < -0.39 is 0 Å². The Balaban J connectivity index is 2.52. The first kappa shape index (κ1) is 12.6. The molecular weight excluding hydrogens is 275 g/mol. The van der Waals surface area contributed by atoms with Gasteiger partial charge in [0.25, 0.3) is 0 Å². The molecule has 1 aromatic carbocycles. The van der Waals surface area contributed by atoms with E-state index in [4.69, 9.17) is 23.2 Å². The summed E-state index contributed by atoms with van der Waals surface area (Å²) in [6.07, 6.45) is 0. The first-order valence-electron chi connectivity index (χ1n) is 5.05. The minimum absolute atomic E-state index is 0.113. The summed E-state index contributed by atoms with van der Waals surface area (Å²) in [4.78, 5) is 12.8. The summed E-state index contributed by atoms with van der Waals surface area (Å²) in [7, 11) is 0. The van der Waals surface area contributed by atoms with Crippen molar-refractivity contribution in [1.29, 1.82) is 0 Å². The van der Waals surface area contributed by atoms with Gasteiger partial charge in [-0.05, 0) is 48.6 Å². The van der Waals surface area contributed by atoms with Gasteiger partial charge in [-0.1, -0.05) is 23.2 Å². The average molecular weight is 285 g/mol. The predicted molar refractivity (Wildman–Crippen MR) is 73.7 cm³/mol. The van der Waals surface area contributed by atoms with Gasteiger partial charge in [0.15, 0.2) is 0 Å². The summed E-state index contributed by atoms with van der Waals surface area (Å²) in [5, 5.41) is 2.75. The van der Waals surface area contributed by atoms with Crippen LogP contribution in [0.1, 0.15) is 26.4 Å². The molecule has 0 spiro atoms. The Morgan fingerprint density at radius 3 is 2.35 bits per heavy atom. The average Bonchev–Trinajstić information content (AvgIpc) is 2.69. The van der Waals surface area contributed by atoms with Crippen molar-refractivity contribution < 1.29 is 4.79 Å². The van der Waals surface area contributed by atoms with Crippen molar-refractivity contribution >= 4 is 40.3 Å². The monoisotopic (exact) mass is 284 g/mol. The van der Waals surface area contributed by atoms with Crippen LogP contribution in [-0.4, -0.2) is 5.78 Å². The standard InChI is InChI=1S/C13H10Cl2OS/c1-7-5-9(11(15)6-8(7)2)12(16)13-10(14)3-4-17-13/h3-6H,1-2H3. The van der Waals surface area contributed by atoms with Crippen molar-refractivity contribution in [3.8, 4) is 0 Å². The van der Waals surface area contributed by atoms with Crippen LogP contribution < -0.4 is 0 Å². The van der Waals surface area contributed by atoms with Gasteiger partial charge in [0, 0.05) is 5.56 Å². The van der Waals surface area contributed by atoms with Crippen LogP contribution in [0.4, 0.5) is 0 Å². The fourth-order valence-corrected chi connectivity index (χ4v) is 2.93. The number of halogens is 2. The largest absolute Gasteiger partial charge is 0.288 e. The first-order chi connectivity index (χ1) is 8.00. The summed E-state index contributed by atoms with van der Waals surface area (Å²) < 4.78 is 0. The molecule has 1 aromatic heterocycles. The molecule has 4 heteroatoms. The summed E-state index contributed by atoms with van der Waals surface area (Å²) in [6, 6.07) is 5.34. The van der Waals surface area contributed by atoms with Crippen LogP contribution in [0, 0.1) is 13.8 Å². The molecule has 1 nitrogen and oxygen atoms in total. The van der Waals surface area contributed by atoms with E-state index in [2.05, 4.69) is 0 Å². The summed E-state index contributed by atoms with van der Waals surface area (Å²) in [5.41, 5.74) is 2.63. The van der Waals surface area contributed by atoms with E-state index in [1.807, 2.05) is 26.0 Å². The van der Waals surface area contributed by atoms with E-state index in [0.717, 1.165) is 11.1 Å². The lowest BCUT2D eigenvalue weighted by atomic mass is 10.0. The third-order valence-corrected chi connectivity index (χ3v) is 4.30. The van der Waals surface area contributed by atoms with Crippen LogP contribution in [-0.2, 0) is 0 Å². The molecule has 88 valence electrons. The van der Waals surface area contributed by atoms with Crippen molar-refractivity contribution in [3.63, 3.8) is 0 Å². The van der Waals surface area contributed by atoms with E-state index in [1.165, 1.54) is 11.3 Å². The van der Waals surface area contributed by atoms with Crippen LogP contribution >= 0.6 is 34.5 Å². The molecule has 0 unspecified atom stereocenters. The van der Waals surface area contributed by atoms with E-state index in [-0.39, 0.29) is 5.78 Å². The van der Waals surface area contributed by atoms with Crippen molar-refractivity contribution in [1.82, 2.24) is 0 Å². The summed E-state index contributed by atoms with van der Waals surface area (Å²) in [6.45, 7) is 3.92. The molecule has 0 saturated carbocycles. The molecule has 0 radical (unpaired) electrons. The molecule has 0 amide bonds. The van der Waals surface area contributed by atoms with Crippen molar-refractivity contribution in [3.05, 3.63) is 55.2 Å². The maximum atomic E-state index is 12.3. The lowest BCUT2D eigenvalue weighted by molar-refractivity contribution is 0.104. The minimum atomic E-state index is -0.113. The van der Waals surface area contributed by atoms with E-state index in [1.54, 1.807) is 11.4 Å². The molecule has 0 N–H and O–H groups in total. The van der Waals surface area contributed by atoms with E-state index in [9.17, 15) is 4.79 Å². The number of ketones is 1. The third kappa shape index (κ3) is 2.39. The number of carbonyl (C=O) groups is 1. The Labute approximate surface area is 114 Å². The van der Waals surface area contributed by atoms with Crippen molar-refractivity contribution in [2.24, 2.45) is 0 Å². The zero-order chi connectivity index (χ0) is 12.6. The van der Waals surface area contributed by atoms with Gasteiger partial charge in [-0.15, -0.1) is 11.3 Å². The molecule has 17 heavy (non-hydrogen) atoms. The Morgan fingerprint density at radius 2 is 1.76 bits per heavy atom. The Kier molecular flexibility index (Phi) is 3.57. The third-order valence-electron chi connectivity index (χ3n) is 2.65. The smallest absolute Gasteiger partial charge is 0.205 e. The van der Waals surface area contributed by atoms with Crippen LogP contribution in [0.25, 0.3) is 0 Å². The Bertz CT molecular complexity index is 587. The van der Waals surface area contributed by atoms with Gasteiger partial charge >= 0.3 is 0 Å². The van der Waals surface area contributed by atoms with Gasteiger partial charge in [0.1, 0.15) is 0 Å². The predicted octanol–water partition coefficient (Wildman–Crippen LogP) is 4.90. The topological polar surface area (TPSA) is 17.1 Å². The molecule has 0 aliphatic rings. The van der Waals surface area contributed by atoms with Gasteiger partial charge in [0.05, 0.1) is 14.9 Å². The fourth-order valence-electron chi connectivity index (χ4n) is 1.53. The molecular formula is C13H10Cl2OS. The van der Waals surface area contributed by atoms with Gasteiger partial charge in [0.2, 0.25) is 5.78 Å². The zero-order valence-corrected chi connectivity index (χ0v) is 11.7. The van der Waals surface area contributed by atoms with Crippen LogP contribution in [0.3, 0.4) is 0 Å². The number of carbonyl (C=O) groups excluding carboxylic acids is 1. The number of rotatable bonds is 2. The van der Waals surface area contributed by atoms with Gasteiger partial charge in [-0.2, -0.15) is 0 Å². The Hall–Kier alpha value is -0.830. The van der Waals surface area contributed by atoms with Crippen molar-refractivity contribution in [2.45, 2.75) is 13.8 Å². The highest BCUT2D eigenvalue weighted by atomic mass is 35.5. The molecule has 0 bridgehead atoms. The van der Waals surface area contributed by atoms with E-state index >= 15 is 0 Å². The molecule has 0 saturated heterocycles.